The minimum atomic E-state index is -4.43. The fraction of sp³-hybridized carbons (Fsp3) is 0.364. The number of aryl methyl sites for hydroxylation is 1. The van der Waals surface area contributed by atoms with Gasteiger partial charge in [-0.2, -0.15) is 13.2 Å². The van der Waals surface area contributed by atoms with E-state index in [1.807, 2.05) is 0 Å². The minimum absolute atomic E-state index is 0.0406. The molecule has 0 N–H and O–H groups in total. The first-order valence-electron chi connectivity index (χ1n) is 4.66. The quantitative estimate of drug-likeness (QED) is 0.796. The summed E-state index contributed by atoms with van der Waals surface area (Å²) in [6.07, 6.45) is -4.25. The fourth-order valence-corrected chi connectivity index (χ4v) is 1.51. The summed E-state index contributed by atoms with van der Waals surface area (Å²) in [5.41, 5.74) is -0.659. The molecule has 0 saturated carbocycles. The Kier molecular flexibility index (Phi) is 3.97. The van der Waals surface area contributed by atoms with Gasteiger partial charge in [0.05, 0.1) is 5.56 Å². The van der Waals surface area contributed by atoms with Crippen molar-refractivity contribution in [2.45, 2.75) is 25.9 Å². The van der Waals surface area contributed by atoms with E-state index in [4.69, 9.17) is 11.6 Å². The molecule has 0 aromatic heterocycles. The lowest BCUT2D eigenvalue weighted by Crippen LogP contribution is -2.10. The zero-order valence-corrected chi connectivity index (χ0v) is 9.32. The van der Waals surface area contributed by atoms with Crippen LogP contribution in [0.3, 0.4) is 0 Å². The molecule has 0 bridgehead atoms. The van der Waals surface area contributed by atoms with Gasteiger partial charge < -0.3 is 4.79 Å². The van der Waals surface area contributed by atoms with Crippen LogP contribution in [0.25, 0.3) is 0 Å². The molecule has 0 unspecified atom stereocenters. The highest BCUT2D eigenvalue weighted by atomic mass is 35.5. The number of carbonyl (C=O) groups is 1. The Bertz CT molecular complexity index is 399. The summed E-state index contributed by atoms with van der Waals surface area (Å²) < 4.78 is 37.8. The van der Waals surface area contributed by atoms with Crippen molar-refractivity contribution < 1.29 is 18.0 Å². The van der Waals surface area contributed by atoms with E-state index in [2.05, 4.69) is 0 Å². The average molecular weight is 251 g/mol. The van der Waals surface area contributed by atoms with Gasteiger partial charge in [-0.3, -0.25) is 0 Å². The highest BCUT2D eigenvalue weighted by molar-refractivity contribution is 6.30. The average Bonchev–Trinajstić information content (AvgIpc) is 2.14. The summed E-state index contributed by atoms with van der Waals surface area (Å²) in [6, 6.07) is 3.59. The van der Waals surface area contributed by atoms with E-state index in [0.717, 1.165) is 6.07 Å². The highest BCUT2D eigenvalue weighted by Crippen LogP contribution is 2.34. The molecule has 5 heteroatoms. The fourth-order valence-electron chi connectivity index (χ4n) is 1.34. The van der Waals surface area contributed by atoms with Gasteiger partial charge in [-0.05, 0) is 31.0 Å². The molecule has 0 radical (unpaired) electrons. The Morgan fingerprint density at radius 3 is 2.50 bits per heavy atom. The second-order valence-corrected chi connectivity index (χ2v) is 3.94. The van der Waals surface area contributed by atoms with Gasteiger partial charge in [0.1, 0.15) is 5.78 Å². The van der Waals surface area contributed by atoms with Crippen molar-refractivity contribution in [3.63, 3.8) is 0 Å². The van der Waals surface area contributed by atoms with Gasteiger partial charge >= 0.3 is 6.18 Å². The number of Topliss-reactive ketones (excluding diaryl/α,β-unsaturated/α-hetero) is 1. The van der Waals surface area contributed by atoms with E-state index in [1.54, 1.807) is 0 Å². The lowest BCUT2D eigenvalue weighted by atomic mass is 10.0. The number of alkyl halides is 3. The molecule has 0 amide bonds. The molecule has 1 nitrogen and oxygen atoms in total. The molecule has 16 heavy (non-hydrogen) atoms. The molecule has 1 aromatic carbocycles. The van der Waals surface area contributed by atoms with Crippen LogP contribution in [-0.2, 0) is 17.4 Å². The van der Waals surface area contributed by atoms with Crippen LogP contribution in [0.5, 0.6) is 0 Å². The van der Waals surface area contributed by atoms with Gasteiger partial charge in [-0.15, -0.1) is 0 Å². The van der Waals surface area contributed by atoms with Gasteiger partial charge in [-0.25, -0.2) is 0 Å². The number of halogens is 4. The first-order valence-corrected chi connectivity index (χ1v) is 5.03. The second kappa shape index (κ2) is 4.87. The Balaban J connectivity index is 3.03. The SMILES string of the molecule is CC(=O)CCc1ccc(Cl)cc1C(F)(F)F. The molecule has 88 valence electrons. The first-order chi connectivity index (χ1) is 7.30. The Morgan fingerprint density at radius 1 is 1.38 bits per heavy atom. The Labute approximate surface area is 96.2 Å². The highest BCUT2D eigenvalue weighted by Gasteiger charge is 2.33. The maximum atomic E-state index is 12.6. The number of hydrogen-bond acceptors (Lipinski definition) is 1. The van der Waals surface area contributed by atoms with Crippen LogP contribution < -0.4 is 0 Å². The van der Waals surface area contributed by atoms with E-state index >= 15 is 0 Å². The van der Waals surface area contributed by atoms with Crippen molar-refractivity contribution in [2.24, 2.45) is 0 Å². The van der Waals surface area contributed by atoms with Crippen molar-refractivity contribution in [3.8, 4) is 0 Å². The van der Waals surface area contributed by atoms with Gasteiger partial charge in [0.25, 0.3) is 0 Å². The molecular weight excluding hydrogens is 241 g/mol. The summed E-state index contributed by atoms with van der Waals surface area (Å²) in [4.78, 5) is 10.7. The molecule has 0 spiro atoms. The van der Waals surface area contributed by atoms with Crippen molar-refractivity contribution in [3.05, 3.63) is 34.3 Å². The van der Waals surface area contributed by atoms with Gasteiger partial charge in [0.2, 0.25) is 0 Å². The summed E-state index contributed by atoms with van der Waals surface area (Å²) in [5, 5.41) is 0.0406. The van der Waals surface area contributed by atoms with Crippen molar-refractivity contribution in [2.75, 3.05) is 0 Å². The largest absolute Gasteiger partial charge is 0.416 e. The van der Waals surface area contributed by atoms with E-state index in [0.29, 0.717) is 0 Å². The molecule has 0 atom stereocenters. The molecule has 1 aromatic rings. The molecule has 1 rings (SSSR count). The van der Waals surface area contributed by atoms with Crippen molar-refractivity contribution >= 4 is 17.4 Å². The van der Waals surface area contributed by atoms with Crippen LogP contribution in [0.1, 0.15) is 24.5 Å². The van der Waals surface area contributed by atoms with Crippen LogP contribution in [0.4, 0.5) is 13.2 Å². The monoisotopic (exact) mass is 250 g/mol. The molecule has 0 saturated heterocycles. The van der Waals surface area contributed by atoms with Crippen LogP contribution in [-0.4, -0.2) is 5.78 Å². The number of hydrogen-bond donors (Lipinski definition) is 0. The number of ketones is 1. The van der Waals surface area contributed by atoms with E-state index in [-0.39, 0.29) is 29.2 Å². The number of carbonyl (C=O) groups excluding carboxylic acids is 1. The topological polar surface area (TPSA) is 17.1 Å². The van der Waals surface area contributed by atoms with Crippen molar-refractivity contribution in [1.29, 1.82) is 0 Å². The van der Waals surface area contributed by atoms with E-state index < -0.39 is 11.7 Å². The Morgan fingerprint density at radius 2 is 2.00 bits per heavy atom. The zero-order chi connectivity index (χ0) is 12.3. The van der Waals surface area contributed by atoms with Crippen molar-refractivity contribution in [1.82, 2.24) is 0 Å². The number of rotatable bonds is 3. The van der Waals surface area contributed by atoms with Gasteiger partial charge in [0.15, 0.2) is 0 Å². The van der Waals surface area contributed by atoms with Crippen LogP contribution in [0.2, 0.25) is 5.02 Å². The normalized spacial score (nSPS) is 11.6. The smallest absolute Gasteiger partial charge is 0.300 e. The maximum absolute atomic E-state index is 12.6. The third-order valence-corrected chi connectivity index (χ3v) is 2.36. The second-order valence-electron chi connectivity index (χ2n) is 3.50. The molecule has 0 aliphatic carbocycles. The number of benzene rings is 1. The predicted molar refractivity (Wildman–Crippen MR) is 55.5 cm³/mol. The summed E-state index contributed by atoms with van der Waals surface area (Å²) in [6.45, 7) is 1.35. The lowest BCUT2D eigenvalue weighted by molar-refractivity contribution is -0.138. The third-order valence-electron chi connectivity index (χ3n) is 2.12. The first kappa shape index (κ1) is 13.0. The molecular formula is C11H10ClF3O. The summed E-state index contributed by atoms with van der Waals surface area (Å²) in [5.74, 6) is -0.136. The molecule has 0 aliphatic rings. The van der Waals surface area contributed by atoms with E-state index in [1.165, 1.54) is 19.1 Å². The predicted octanol–water partition coefficient (Wildman–Crippen LogP) is 3.88. The molecule has 0 fully saturated rings. The Hall–Kier alpha value is -1.03. The third kappa shape index (κ3) is 3.52. The van der Waals surface area contributed by atoms with Crippen LogP contribution in [0.15, 0.2) is 18.2 Å². The maximum Gasteiger partial charge on any atom is 0.416 e. The lowest BCUT2D eigenvalue weighted by Gasteiger charge is -2.12. The standard InChI is InChI=1S/C11H10ClF3O/c1-7(16)2-3-8-4-5-9(12)6-10(8)11(13,14)15/h4-6H,2-3H2,1H3. The van der Waals surface area contributed by atoms with Gasteiger partial charge in [-0.1, -0.05) is 17.7 Å². The van der Waals surface area contributed by atoms with Gasteiger partial charge in [0, 0.05) is 11.4 Å². The zero-order valence-electron chi connectivity index (χ0n) is 8.57. The molecule has 0 aliphatic heterocycles. The summed E-state index contributed by atoms with van der Waals surface area (Å²) in [7, 11) is 0. The molecule has 0 heterocycles. The van der Waals surface area contributed by atoms with Crippen LogP contribution in [0, 0.1) is 0 Å². The van der Waals surface area contributed by atoms with E-state index in [9.17, 15) is 18.0 Å². The van der Waals surface area contributed by atoms with Crippen LogP contribution >= 0.6 is 11.6 Å². The minimum Gasteiger partial charge on any atom is -0.300 e. The summed E-state index contributed by atoms with van der Waals surface area (Å²) >= 11 is 5.52.